The number of aliphatic imine (C=N–C) groups is 1. The molecule has 5 heteroatoms. The topological polar surface area (TPSA) is 66.8 Å². The maximum Gasteiger partial charge on any atom is 0.198 e. The first kappa shape index (κ1) is 15.0. The molecule has 0 saturated heterocycles. The quantitative estimate of drug-likeness (QED) is 0.542. The van der Waals surface area contributed by atoms with Gasteiger partial charge in [0.1, 0.15) is 18.1 Å². The predicted octanol–water partition coefficient (Wildman–Crippen LogP) is 3.38. The van der Waals surface area contributed by atoms with Crippen molar-refractivity contribution in [2.24, 2.45) is 4.99 Å². The van der Waals surface area contributed by atoms with Gasteiger partial charge in [0.15, 0.2) is 5.88 Å². The Kier molecular flexibility index (Phi) is 4.47. The predicted molar refractivity (Wildman–Crippen MR) is 90.9 cm³/mol. The van der Waals surface area contributed by atoms with Crippen LogP contribution in [0.2, 0.25) is 0 Å². The fraction of sp³-hybridized carbons (Fsp3) is 0.167. The molecule has 0 aliphatic rings. The minimum absolute atomic E-state index is 0.131. The van der Waals surface area contributed by atoms with Gasteiger partial charge in [-0.15, -0.1) is 0 Å². The van der Waals surface area contributed by atoms with Crippen molar-refractivity contribution in [3.8, 4) is 17.4 Å². The normalized spacial score (nSPS) is 11.2. The van der Waals surface area contributed by atoms with E-state index in [0.717, 1.165) is 22.4 Å². The molecule has 5 nitrogen and oxygen atoms in total. The number of rotatable bonds is 6. The zero-order valence-electron chi connectivity index (χ0n) is 12.8. The molecular weight excluding hydrogens is 292 g/mol. The van der Waals surface area contributed by atoms with Crippen molar-refractivity contribution in [3.05, 3.63) is 54.1 Å². The van der Waals surface area contributed by atoms with E-state index in [4.69, 9.17) is 9.47 Å². The van der Waals surface area contributed by atoms with E-state index in [1.807, 2.05) is 48.5 Å². The highest BCUT2D eigenvalue weighted by Crippen LogP contribution is 2.25. The van der Waals surface area contributed by atoms with Crippen molar-refractivity contribution in [2.75, 3.05) is 20.3 Å². The van der Waals surface area contributed by atoms with Crippen LogP contribution in [0.1, 0.15) is 5.56 Å². The van der Waals surface area contributed by atoms with E-state index in [1.165, 1.54) is 0 Å². The van der Waals surface area contributed by atoms with Gasteiger partial charge in [-0.2, -0.15) is 0 Å². The Balaban J connectivity index is 1.57. The summed E-state index contributed by atoms with van der Waals surface area (Å²) in [6, 6.07) is 15.1. The van der Waals surface area contributed by atoms with Gasteiger partial charge in [-0.3, -0.25) is 4.99 Å². The molecule has 2 N–H and O–H groups in total. The molecule has 0 saturated carbocycles. The molecule has 118 valence electrons. The number of nitrogens with zero attached hydrogens (tertiary/aromatic N) is 1. The Hall–Kier alpha value is -2.95. The monoisotopic (exact) mass is 310 g/mol. The van der Waals surface area contributed by atoms with Crippen molar-refractivity contribution in [1.82, 2.24) is 4.98 Å². The summed E-state index contributed by atoms with van der Waals surface area (Å²) in [6.45, 7) is 0.969. The second kappa shape index (κ2) is 6.87. The standard InChI is InChI=1S/C18H18N2O3/c1-22-13-6-8-14(9-7-13)23-11-10-19-12-16-15-4-2-3-5-17(15)20-18(16)21/h2-9,12,20-21H,10-11H2,1H3. The van der Waals surface area contributed by atoms with Crippen LogP contribution < -0.4 is 9.47 Å². The molecule has 0 aliphatic carbocycles. The number of benzene rings is 2. The van der Waals surface area contributed by atoms with Crippen LogP contribution in [0.25, 0.3) is 10.9 Å². The van der Waals surface area contributed by atoms with Gasteiger partial charge in [-0.1, -0.05) is 18.2 Å². The number of ether oxygens (including phenoxy) is 2. The number of methoxy groups -OCH3 is 1. The van der Waals surface area contributed by atoms with Gasteiger partial charge in [0.25, 0.3) is 0 Å². The summed E-state index contributed by atoms with van der Waals surface area (Å²) < 4.78 is 10.7. The molecular formula is C18H18N2O3. The molecule has 0 amide bonds. The number of fused-ring (bicyclic) bond motifs is 1. The second-order valence-electron chi connectivity index (χ2n) is 4.99. The largest absolute Gasteiger partial charge is 0.497 e. The van der Waals surface area contributed by atoms with Crippen LogP contribution in [0.4, 0.5) is 0 Å². The van der Waals surface area contributed by atoms with Crippen molar-refractivity contribution in [1.29, 1.82) is 0 Å². The fourth-order valence-electron chi connectivity index (χ4n) is 2.32. The number of hydrogen-bond acceptors (Lipinski definition) is 4. The van der Waals surface area contributed by atoms with Crippen LogP contribution in [0.3, 0.4) is 0 Å². The van der Waals surface area contributed by atoms with E-state index in [2.05, 4.69) is 9.98 Å². The lowest BCUT2D eigenvalue weighted by atomic mass is 10.2. The van der Waals surface area contributed by atoms with Crippen LogP contribution in [0.15, 0.2) is 53.5 Å². The van der Waals surface area contributed by atoms with Crippen molar-refractivity contribution in [3.63, 3.8) is 0 Å². The van der Waals surface area contributed by atoms with Crippen molar-refractivity contribution >= 4 is 17.1 Å². The number of H-pyrrole nitrogens is 1. The maximum absolute atomic E-state index is 9.93. The van der Waals surface area contributed by atoms with E-state index in [9.17, 15) is 5.11 Å². The Morgan fingerprint density at radius 3 is 2.61 bits per heavy atom. The average Bonchev–Trinajstić information content (AvgIpc) is 2.91. The third kappa shape index (κ3) is 3.45. The SMILES string of the molecule is COc1ccc(OCCN=Cc2c(O)[nH]c3ccccc23)cc1. The third-order valence-corrected chi connectivity index (χ3v) is 3.49. The number of para-hydroxylation sites is 1. The van der Waals surface area contributed by atoms with Crippen LogP contribution in [0, 0.1) is 0 Å². The van der Waals surface area contributed by atoms with E-state index in [-0.39, 0.29) is 5.88 Å². The van der Waals surface area contributed by atoms with Gasteiger partial charge in [0.05, 0.1) is 19.2 Å². The first-order valence-electron chi connectivity index (χ1n) is 7.34. The number of hydrogen-bond donors (Lipinski definition) is 2. The van der Waals surface area contributed by atoms with Gasteiger partial charge in [0, 0.05) is 17.1 Å². The summed E-state index contributed by atoms with van der Waals surface area (Å²) in [6.07, 6.45) is 1.67. The number of aromatic nitrogens is 1. The molecule has 3 aromatic rings. The Morgan fingerprint density at radius 1 is 1.09 bits per heavy atom. The highest BCUT2D eigenvalue weighted by molar-refractivity contribution is 6.01. The van der Waals surface area contributed by atoms with E-state index in [0.29, 0.717) is 18.7 Å². The molecule has 0 radical (unpaired) electrons. The molecule has 0 fully saturated rings. The summed E-state index contributed by atoms with van der Waals surface area (Å²) in [4.78, 5) is 7.24. The minimum Gasteiger partial charge on any atom is -0.497 e. The minimum atomic E-state index is 0.131. The van der Waals surface area contributed by atoms with Crippen LogP contribution in [-0.4, -0.2) is 36.6 Å². The Labute approximate surface area is 134 Å². The van der Waals surface area contributed by atoms with Gasteiger partial charge in [0.2, 0.25) is 0 Å². The summed E-state index contributed by atoms with van der Waals surface area (Å²) in [5, 5.41) is 10.9. The molecule has 3 rings (SSSR count). The van der Waals surface area contributed by atoms with Crippen LogP contribution >= 0.6 is 0 Å². The summed E-state index contributed by atoms with van der Waals surface area (Å²) >= 11 is 0. The number of aromatic amines is 1. The van der Waals surface area contributed by atoms with Crippen molar-refractivity contribution in [2.45, 2.75) is 0 Å². The molecule has 0 atom stereocenters. The van der Waals surface area contributed by atoms with Crippen LogP contribution in [0.5, 0.6) is 17.4 Å². The van der Waals surface area contributed by atoms with Gasteiger partial charge in [-0.05, 0) is 30.3 Å². The highest BCUT2D eigenvalue weighted by Gasteiger charge is 2.07. The zero-order chi connectivity index (χ0) is 16.1. The van der Waals surface area contributed by atoms with Crippen molar-refractivity contribution < 1.29 is 14.6 Å². The Morgan fingerprint density at radius 2 is 1.83 bits per heavy atom. The van der Waals surface area contributed by atoms with E-state index >= 15 is 0 Å². The lowest BCUT2D eigenvalue weighted by Crippen LogP contribution is -2.01. The van der Waals surface area contributed by atoms with E-state index in [1.54, 1.807) is 13.3 Å². The smallest absolute Gasteiger partial charge is 0.198 e. The molecule has 0 unspecified atom stereocenters. The lowest BCUT2D eigenvalue weighted by molar-refractivity contribution is 0.328. The summed E-state index contributed by atoms with van der Waals surface area (Å²) in [5.74, 6) is 1.70. The summed E-state index contributed by atoms with van der Waals surface area (Å²) in [5.41, 5.74) is 1.59. The second-order valence-corrected chi connectivity index (χ2v) is 4.99. The number of nitrogens with one attached hydrogen (secondary N) is 1. The van der Waals surface area contributed by atoms with E-state index < -0.39 is 0 Å². The maximum atomic E-state index is 9.93. The third-order valence-electron chi connectivity index (χ3n) is 3.49. The van der Waals surface area contributed by atoms with Crippen LogP contribution in [-0.2, 0) is 0 Å². The fourth-order valence-corrected chi connectivity index (χ4v) is 2.32. The average molecular weight is 310 g/mol. The molecule has 2 aromatic carbocycles. The molecule has 0 spiro atoms. The summed E-state index contributed by atoms with van der Waals surface area (Å²) in [7, 11) is 1.63. The Bertz CT molecular complexity index is 807. The number of aromatic hydroxyl groups is 1. The molecule has 0 bridgehead atoms. The van der Waals surface area contributed by atoms with Gasteiger partial charge in [-0.25, -0.2) is 0 Å². The molecule has 1 aromatic heterocycles. The lowest BCUT2D eigenvalue weighted by Gasteiger charge is -2.05. The highest BCUT2D eigenvalue weighted by atomic mass is 16.5. The molecule has 0 aliphatic heterocycles. The van der Waals surface area contributed by atoms with Gasteiger partial charge >= 0.3 is 0 Å². The first-order valence-corrected chi connectivity index (χ1v) is 7.34. The first-order chi connectivity index (χ1) is 11.3. The molecule has 1 heterocycles. The zero-order valence-corrected chi connectivity index (χ0v) is 12.8. The molecule has 23 heavy (non-hydrogen) atoms. The van der Waals surface area contributed by atoms with Gasteiger partial charge < -0.3 is 19.6 Å².